The van der Waals surface area contributed by atoms with E-state index < -0.39 is 5.97 Å². The highest BCUT2D eigenvalue weighted by Gasteiger charge is 2.59. The summed E-state index contributed by atoms with van der Waals surface area (Å²) in [6, 6.07) is 0. The smallest absolute Gasteiger partial charge is 0.333 e. The predicted octanol–water partition coefficient (Wildman–Crippen LogP) is 6.87. The fourth-order valence-electron chi connectivity index (χ4n) is 7.05. The van der Waals surface area contributed by atoms with Gasteiger partial charge in [-0.05, 0) is 97.5 Å². The zero-order chi connectivity index (χ0) is 24.8. The molecule has 1 N–H and O–H groups in total. The Morgan fingerprint density at radius 3 is 2.62 bits per heavy atom. The minimum atomic E-state index is -0.930. The largest absolute Gasteiger partial charge is 0.478 e. The van der Waals surface area contributed by atoms with E-state index >= 15 is 0 Å². The summed E-state index contributed by atoms with van der Waals surface area (Å²) in [5.74, 6) is -0.322. The van der Waals surface area contributed by atoms with Gasteiger partial charge in [-0.2, -0.15) is 0 Å². The SMILES string of the molecule is CC1=CC[C@@H]([C@@H](C)[C@H]2CC[C@@]3(C)C4=C(C=C(/C=C/C(=O)O)C(=C(C)C)C=C4)CC[C@]23C)OC1=O. The second-order valence-corrected chi connectivity index (χ2v) is 11.3. The number of allylic oxidation sites excluding steroid dienone is 9. The average molecular weight is 463 g/mol. The van der Waals surface area contributed by atoms with E-state index in [2.05, 4.69) is 52.8 Å². The first-order valence-corrected chi connectivity index (χ1v) is 12.6. The number of carbonyl (C=O) groups excluding carboxylic acids is 1. The molecule has 1 saturated carbocycles. The summed E-state index contributed by atoms with van der Waals surface area (Å²) in [6.07, 6.45) is 16.7. The van der Waals surface area contributed by atoms with E-state index in [9.17, 15) is 14.7 Å². The number of fused-ring (bicyclic) bond motifs is 2. The lowest BCUT2D eigenvalue weighted by Gasteiger charge is -2.51. The molecular formula is C30H38O4. The normalized spacial score (nSPS) is 34.2. The third-order valence-electron chi connectivity index (χ3n) is 9.35. The number of carboxylic acids is 1. The molecule has 5 atom stereocenters. The first-order valence-electron chi connectivity index (χ1n) is 12.6. The van der Waals surface area contributed by atoms with Crippen molar-refractivity contribution in [2.45, 2.75) is 79.8 Å². The van der Waals surface area contributed by atoms with E-state index in [1.54, 1.807) is 6.08 Å². The topological polar surface area (TPSA) is 63.6 Å². The lowest BCUT2D eigenvalue weighted by atomic mass is 9.53. The van der Waals surface area contributed by atoms with Crippen molar-refractivity contribution in [3.63, 3.8) is 0 Å². The van der Waals surface area contributed by atoms with Crippen molar-refractivity contribution in [2.75, 3.05) is 0 Å². The highest BCUT2D eigenvalue weighted by molar-refractivity contribution is 5.88. The van der Waals surface area contributed by atoms with Crippen LogP contribution in [-0.2, 0) is 14.3 Å². The fraction of sp³-hybridized carbons (Fsp3) is 0.533. The van der Waals surface area contributed by atoms with Gasteiger partial charge in [0, 0.05) is 18.1 Å². The number of carboxylic acid groups (broad SMARTS) is 1. The Balaban J connectivity index is 1.71. The van der Waals surface area contributed by atoms with E-state index in [-0.39, 0.29) is 22.9 Å². The summed E-state index contributed by atoms with van der Waals surface area (Å²) in [7, 11) is 0. The highest BCUT2D eigenvalue weighted by atomic mass is 16.5. The van der Waals surface area contributed by atoms with Gasteiger partial charge in [-0.1, -0.05) is 50.6 Å². The van der Waals surface area contributed by atoms with E-state index in [0.717, 1.165) is 48.8 Å². The van der Waals surface area contributed by atoms with Crippen molar-refractivity contribution in [1.29, 1.82) is 0 Å². The fourth-order valence-corrected chi connectivity index (χ4v) is 7.05. The highest BCUT2D eigenvalue weighted by Crippen LogP contribution is 2.67. The maximum atomic E-state index is 12.2. The van der Waals surface area contributed by atoms with Crippen LogP contribution in [0.3, 0.4) is 0 Å². The molecule has 3 aliphatic carbocycles. The zero-order valence-corrected chi connectivity index (χ0v) is 21.4. The van der Waals surface area contributed by atoms with Crippen LogP contribution in [0.25, 0.3) is 0 Å². The number of esters is 1. The third kappa shape index (κ3) is 3.95. The number of carbonyl (C=O) groups is 2. The second kappa shape index (κ2) is 8.87. The number of hydrogen-bond acceptors (Lipinski definition) is 3. The van der Waals surface area contributed by atoms with Crippen LogP contribution >= 0.6 is 0 Å². The number of hydrogen-bond donors (Lipinski definition) is 1. The van der Waals surface area contributed by atoms with Gasteiger partial charge in [-0.3, -0.25) is 0 Å². The van der Waals surface area contributed by atoms with Gasteiger partial charge in [0.2, 0.25) is 0 Å². The quantitative estimate of drug-likeness (QED) is 0.366. The summed E-state index contributed by atoms with van der Waals surface area (Å²) in [5, 5.41) is 9.19. The van der Waals surface area contributed by atoms with Gasteiger partial charge in [-0.15, -0.1) is 0 Å². The molecule has 0 unspecified atom stereocenters. The lowest BCUT2D eigenvalue weighted by molar-refractivity contribution is -0.150. The molecule has 0 saturated heterocycles. The maximum Gasteiger partial charge on any atom is 0.333 e. The Labute approximate surface area is 203 Å². The van der Waals surface area contributed by atoms with Crippen molar-refractivity contribution >= 4 is 11.9 Å². The van der Waals surface area contributed by atoms with Crippen molar-refractivity contribution in [3.8, 4) is 0 Å². The lowest BCUT2D eigenvalue weighted by Crippen LogP contribution is -2.45. The summed E-state index contributed by atoms with van der Waals surface area (Å²) in [5.41, 5.74) is 6.81. The minimum absolute atomic E-state index is 0.0235. The molecule has 1 aliphatic heterocycles. The minimum Gasteiger partial charge on any atom is -0.478 e. The molecule has 0 aromatic carbocycles. The molecule has 0 amide bonds. The Hall–Kier alpha value is -2.62. The summed E-state index contributed by atoms with van der Waals surface area (Å²) < 4.78 is 5.85. The van der Waals surface area contributed by atoms with Crippen LogP contribution in [0.4, 0.5) is 0 Å². The monoisotopic (exact) mass is 462 g/mol. The first kappa shape index (κ1) is 24.5. The van der Waals surface area contributed by atoms with E-state index in [0.29, 0.717) is 11.8 Å². The second-order valence-electron chi connectivity index (χ2n) is 11.3. The van der Waals surface area contributed by atoms with Crippen molar-refractivity contribution < 1.29 is 19.4 Å². The van der Waals surface area contributed by atoms with Crippen LogP contribution < -0.4 is 0 Å². The first-order chi connectivity index (χ1) is 16.0. The summed E-state index contributed by atoms with van der Waals surface area (Å²) in [6.45, 7) is 13.1. The Kier molecular flexibility index (Phi) is 6.39. The van der Waals surface area contributed by atoms with Gasteiger partial charge < -0.3 is 9.84 Å². The molecule has 0 bridgehead atoms. The molecule has 4 heteroatoms. The van der Waals surface area contributed by atoms with Crippen LogP contribution in [0.5, 0.6) is 0 Å². The van der Waals surface area contributed by atoms with E-state index in [1.165, 1.54) is 22.8 Å². The van der Waals surface area contributed by atoms with Gasteiger partial charge >= 0.3 is 11.9 Å². The van der Waals surface area contributed by atoms with Crippen molar-refractivity contribution in [3.05, 3.63) is 69.9 Å². The molecule has 0 radical (unpaired) electrons. The zero-order valence-electron chi connectivity index (χ0n) is 21.4. The average Bonchev–Trinajstić information content (AvgIpc) is 2.93. The van der Waals surface area contributed by atoms with Crippen LogP contribution in [0.1, 0.15) is 73.6 Å². The van der Waals surface area contributed by atoms with Gasteiger partial charge in [0.15, 0.2) is 0 Å². The van der Waals surface area contributed by atoms with Gasteiger partial charge in [0.25, 0.3) is 0 Å². The van der Waals surface area contributed by atoms with Crippen LogP contribution in [-0.4, -0.2) is 23.1 Å². The molecule has 1 fully saturated rings. The molecule has 1 heterocycles. The van der Waals surface area contributed by atoms with Crippen LogP contribution in [0.15, 0.2) is 69.9 Å². The van der Waals surface area contributed by atoms with E-state index in [1.807, 2.05) is 13.0 Å². The molecule has 0 spiro atoms. The molecule has 4 nitrogen and oxygen atoms in total. The molecule has 182 valence electrons. The number of rotatable bonds is 4. The molecular weight excluding hydrogens is 424 g/mol. The van der Waals surface area contributed by atoms with Gasteiger partial charge in [-0.25, -0.2) is 9.59 Å². The van der Waals surface area contributed by atoms with Crippen LogP contribution in [0, 0.1) is 22.7 Å². The number of aliphatic carboxylic acids is 1. The molecule has 4 aliphatic rings. The predicted molar refractivity (Wildman–Crippen MR) is 135 cm³/mol. The third-order valence-corrected chi connectivity index (χ3v) is 9.35. The molecule has 0 aromatic heterocycles. The van der Waals surface area contributed by atoms with Crippen molar-refractivity contribution in [2.24, 2.45) is 22.7 Å². The Bertz CT molecular complexity index is 1090. The van der Waals surface area contributed by atoms with Crippen molar-refractivity contribution in [1.82, 2.24) is 0 Å². The molecule has 4 rings (SSSR count). The standard InChI is InChI=1S/C30H38O4/c1-18(2)23-9-10-25-22(17-21(23)8-12-27(31)32)13-15-29(5)24(14-16-30(25,29)6)20(4)26-11-7-19(3)28(33)34-26/h7-10,12,17,20,24,26H,11,13-16H2,1-6H3,(H,31,32)/b12-8+/t20-,24+,26-,29+,30-/m0/s1. The summed E-state index contributed by atoms with van der Waals surface area (Å²) in [4.78, 5) is 23.4. The number of ether oxygens (including phenoxy) is 1. The summed E-state index contributed by atoms with van der Waals surface area (Å²) >= 11 is 0. The number of cyclic esters (lactones) is 1. The van der Waals surface area contributed by atoms with Gasteiger partial charge in [0.05, 0.1) is 0 Å². The van der Waals surface area contributed by atoms with E-state index in [4.69, 9.17) is 4.74 Å². The van der Waals surface area contributed by atoms with Gasteiger partial charge in [0.1, 0.15) is 6.10 Å². The molecule has 0 aromatic rings. The Morgan fingerprint density at radius 1 is 1.24 bits per heavy atom. The molecule has 34 heavy (non-hydrogen) atoms. The Morgan fingerprint density at radius 2 is 1.97 bits per heavy atom. The van der Waals surface area contributed by atoms with Crippen LogP contribution in [0.2, 0.25) is 0 Å². The maximum absolute atomic E-state index is 12.2.